The zero-order valence-corrected chi connectivity index (χ0v) is 10.6. The molecule has 1 saturated heterocycles. The molecule has 0 unspecified atom stereocenters. The van der Waals surface area contributed by atoms with Crippen LogP contribution in [0.15, 0.2) is 18.3 Å². The molecule has 0 radical (unpaired) electrons. The van der Waals surface area contributed by atoms with E-state index in [0.29, 0.717) is 0 Å². The molecule has 1 aliphatic rings. The molecule has 0 saturated carbocycles. The highest BCUT2D eigenvalue weighted by molar-refractivity contribution is 5.85. The van der Waals surface area contributed by atoms with Crippen molar-refractivity contribution in [3.05, 3.63) is 29.6 Å². The molecule has 1 N–H and O–H groups in total. The van der Waals surface area contributed by atoms with Gasteiger partial charge in [-0.05, 0) is 38.1 Å². The molecule has 0 aliphatic carbocycles. The second-order valence-electron chi connectivity index (χ2n) is 4.21. The van der Waals surface area contributed by atoms with E-state index < -0.39 is 0 Å². The van der Waals surface area contributed by atoms with Gasteiger partial charge >= 0.3 is 0 Å². The van der Waals surface area contributed by atoms with Crippen LogP contribution in [-0.2, 0) is 6.54 Å². The van der Waals surface area contributed by atoms with Gasteiger partial charge in [-0.2, -0.15) is 0 Å². The molecule has 0 amide bonds. The first-order chi connectivity index (χ1) is 7.34. The Hall–Kier alpha value is -0.640. The minimum atomic E-state index is 0. The quantitative estimate of drug-likeness (QED) is 0.853. The monoisotopic (exact) mass is 241 g/mol. The van der Waals surface area contributed by atoms with Gasteiger partial charge in [0.1, 0.15) is 0 Å². The van der Waals surface area contributed by atoms with Crippen LogP contribution in [-0.4, -0.2) is 36.1 Å². The Kier molecular flexibility index (Phi) is 5.74. The highest BCUT2D eigenvalue weighted by Crippen LogP contribution is 2.04. The van der Waals surface area contributed by atoms with Gasteiger partial charge in [-0.25, -0.2) is 0 Å². The number of aryl methyl sites for hydroxylation is 1. The summed E-state index contributed by atoms with van der Waals surface area (Å²) in [6.45, 7) is 7.64. The standard InChI is InChI=1S/C12H19N3.ClH/c1-11-3-4-12(14-9-11)10-15-7-2-5-13-6-8-15;/h3-4,9,13H,2,5-8,10H2,1H3;1H. The fourth-order valence-corrected chi connectivity index (χ4v) is 1.88. The normalized spacial score (nSPS) is 17.6. The molecule has 4 heteroatoms. The lowest BCUT2D eigenvalue weighted by Gasteiger charge is -2.18. The Morgan fingerprint density at radius 1 is 1.31 bits per heavy atom. The lowest BCUT2D eigenvalue weighted by molar-refractivity contribution is 0.281. The third-order valence-electron chi connectivity index (χ3n) is 2.79. The Bertz CT molecular complexity index is 292. The van der Waals surface area contributed by atoms with Crippen LogP contribution in [0.1, 0.15) is 17.7 Å². The van der Waals surface area contributed by atoms with Crippen molar-refractivity contribution in [2.24, 2.45) is 0 Å². The molecule has 2 rings (SSSR count). The summed E-state index contributed by atoms with van der Waals surface area (Å²) < 4.78 is 0. The van der Waals surface area contributed by atoms with Gasteiger partial charge in [0.2, 0.25) is 0 Å². The summed E-state index contributed by atoms with van der Waals surface area (Å²) in [5.74, 6) is 0. The minimum absolute atomic E-state index is 0. The van der Waals surface area contributed by atoms with Gasteiger partial charge in [0, 0.05) is 25.8 Å². The van der Waals surface area contributed by atoms with Gasteiger partial charge in [0.25, 0.3) is 0 Å². The van der Waals surface area contributed by atoms with Gasteiger partial charge in [-0.1, -0.05) is 6.07 Å². The third kappa shape index (κ3) is 4.08. The van der Waals surface area contributed by atoms with E-state index in [1.54, 1.807) is 0 Å². The molecule has 1 aliphatic heterocycles. The van der Waals surface area contributed by atoms with Gasteiger partial charge in [0.15, 0.2) is 0 Å². The van der Waals surface area contributed by atoms with Crippen LogP contribution in [0.25, 0.3) is 0 Å². The lowest BCUT2D eigenvalue weighted by Crippen LogP contribution is -2.27. The molecule has 0 aromatic carbocycles. The van der Waals surface area contributed by atoms with Crippen molar-refractivity contribution in [3.8, 4) is 0 Å². The second kappa shape index (κ2) is 6.84. The summed E-state index contributed by atoms with van der Waals surface area (Å²) in [6, 6.07) is 4.27. The van der Waals surface area contributed by atoms with Gasteiger partial charge in [-0.3, -0.25) is 9.88 Å². The highest BCUT2D eigenvalue weighted by atomic mass is 35.5. The Labute approximate surface area is 104 Å². The molecule has 1 aromatic heterocycles. The maximum Gasteiger partial charge on any atom is 0.0544 e. The topological polar surface area (TPSA) is 28.2 Å². The zero-order valence-electron chi connectivity index (χ0n) is 9.78. The highest BCUT2D eigenvalue weighted by Gasteiger charge is 2.08. The number of nitrogens with one attached hydrogen (secondary N) is 1. The van der Waals surface area contributed by atoms with Crippen LogP contribution in [0.4, 0.5) is 0 Å². The molecule has 0 spiro atoms. The molecule has 1 aromatic rings. The van der Waals surface area contributed by atoms with Crippen molar-refractivity contribution in [1.82, 2.24) is 15.2 Å². The van der Waals surface area contributed by atoms with Crippen LogP contribution < -0.4 is 5.32 Å². The number of nitrogens with zero attached hydrogens (tertiary/aromatic N) is 2. The van der Waals surface area contributed by atoms with Crippen LogP contribution in [0.3, 0.4) is 0 Å². The van der Waals surface area contributed by atoms with Crippen molar-refractivity contribution in [2.75, 3.05) is 26.2 Å². The van der Waals surface area contributed by atoms with E-state index in [1.165, 1.54) is 24.2 Å². The fourth-order valence-electron chi connectivity index (χ4n) is 1.88. The van der Waals surface area contributed by atoms with E-state index in [9.17, 15) is 0 Å². The van der Waals surface area contributed by atoms with Crippen LogP contribution in [0, 0.1) is 6.92 Å². The van der Waals surface area contributed by atoms with E-state index in [-0.39, 0.29) is 12.4 Å². The largest absolute Gasteiger partial charge is 0.315 e. The van der Waals surface area contributed by atoms with E-state index in [2.05, 4.69) is 34.3 Å². The number of halogens is 1. The van der Waals surface area contributed by atoms with Crippen molar-refractivity contribution in [1.29, 1.82) is 0 Å². The summed E-state index contributed by atoms with van der Waals surface area (Å²) in [5, 5.41) is 3.41. The number of hydrogen-bond acceptors (Lipinski definition) is 3. The van der Waals surface area contributed by atoms with Crippen LogP contribution in [0.5, 0.6) is 0 Å². The van der Waals surface area contributed by atoms with Gasteiger partial charge < -0.3 is 5.32 Å². The first-order valence-electron chi connectivity index (χ1n) is 5.69. The average molecular weight is 242 g/mol. The number of hydrogen-bond donors (Lipinski definition) is 1. The predicted molar refractivity (Wildman–Crippen MR) is 69.0 cm³/mol. The van der Waals surface area contributed by atoms with Crippen molar-refractivity contribution >= 4 is 12.4 Å². The summed E-state index contributed by atoms with van der Waals surface area (Å²) >= 11 is 0. The molecule has 16 heavy (non-hydrogen) atoms. The van der Waals surface area contributed by atoms with E-state index in [4.69, 9.17) is 0 Å². The average Bonchev–Trinajstić information content (AvgIpc) is 2.50. The summed E-state index contributed by atoms with van der Waals surface area (Å²) in [6.07, 6.45) is 3.19. The molecule has 3 nitrogen and oxygen atoms in total. The summed E-state index contributed by atoms with van der Waals surface area (Å²) in [7, 11) is 0. The van der Waals surface area contributed by atoms with Crippen molar-refractivity contribution in [2.45, 2.75) is 19.9 Å². The Balaban J connectivity index is 0.00000128. The molecular formula is C12H20ClN3. The lowest BCUT2D eigenvalue weighted by atomic mass is 10.2. The number of rotatable bonds is 2. The van der Waals surface area contributed by atoms with Gasteiger partial charge in [-0.15, -0.1) is 12.4 Å². The molecule has 0 atom stereocenters. The van der Waals surface area contributed by atoms with Gasteiger partial charge in [0.05, 0.1) is 5.69 Å². The van der Waals surface area contributed by atoms with E-state index >= 15 is 0 Å². The maximum atomic E-state index is 4.44. The number of aromatic nitrogens is 1. The zero-order chi connectivity index (χ0) is 10.5. The van der Waals surface area contributed by atoms with E-state index in [0.717, 1.165) is 26.2 Å². The second-order valence-corrected chi connectivity index (χ2v) is 4.21. The molecule has 1 fully saturated rings. The summed E-state index contributed by atoms with van der Waals surface area (Å²) in [4.78, 5) is 6.91. The molecule has 90 valence electrons. The van der Waals surface area contributed by atoms with Crippen LogP contribution in [0.2, 0.25) is 0 Å². The predicted octanol–water partition coefficient (Wildman–Crippen LogP) is 1.61. The first kappa shape index (κ1) is 13.4. The fraction of sp³-hybridized carbons (Fsp3) is 0.583. The van der Waals surface area contributed by atoms with Crippen LogP contribution >= 0.6 is 12.4 Å². The van der Waals surface area contributed by atoms with Crippen molar-refractivity contribution in [3.63, 3.8) is 0 Å². The molecular weight excluding hydrogens is 222 g/mol. The SMILES string of the molecule is Cc1ccc(CN2CCCNCC2)nc1.Cl. The Morgan fingerprint density at radius 2 is 2.19 bits per heavy atom. The first-order valence-corrected chi connectivity index (χ1v) is 5.69. The smallest absolute Gasteiger partial charge is 0.0544 e. The van der Waals surface area contributed by atoms with E-state index in [1.807, 2.05) is 6.20 Å². The van der Waals surface area contributed by atoms with Crippen molar-refractivity contribution < 1.29 is 0 Å². The minimum Gasteiger partial charge on any atom is -0.315 e. The third-order valence-corrected chi connectivity index (χ3v) is 2.79. The summed E-state index contributed by atoms with van der Waals surface area (Å²) in [5.41, 5.74) is 2.42. The number of pyridine rings is 1. The molecule has 0 bridgehead atoms. The Morgan fingerprint density at radius 3 is 2.94 bits per heavy atom. The maximum absolute atomic E-state index is 4.44. The molecule has 2 heterocycles.